The molecule has 2 aliphatic rings. The molecule has 2 saturated heterocycles. The molecule has 0 aromatic rings. The van der Waals surface area contributed by atoms with Crippen LogP contribution in [0.2, 0.25) is 0 Å². The van der Waals surface area contributed by atoms with Gasteiger partial charge < -0.3 is 24.8 Å². The molecular weight excluding hydrogens is 240 g/mol. The van der Waals surface area contributed by atoms with Crippen LogP contribution in [0.1, 0.15) is 13.3 Å². The number of nitrogens with one attached hydrogen (secondary N) is 1. The van der Waals surface area contributed by atoms with Crippen molar-refractivity contribution in [3.8, 4) is 0 Å². The van der Waals surface area contributed by atoms with Crippen molar-refractivity contribution in [2.24, 2.45) is 0 Å². The number of hydrogen-bond acceptors (Lipinski definition) is 4. The number of urea groups is 1. The van der Waals surface area contributed by atoms with Gasteiger partial charge in [-0.15, -0.1) is 0 Å². The molecule has 7 nitrogen and oxygen atoms in total. The molecule has 2 amide bonds. The Labute approximate surface area is 105 Å². The summed E-state index contributed by atoms with van der Waals surface area (Å²) < 4.78 is 10.4. The van der Waals surface area contributed by atoms with Gasteiger partial charge in [0.05, 0.1) is 25.7 Å². The molecule has 0 bridgehead atoms. The maximum atomic E-state index is 11.8. The summed E-state index contributed by atoms with van der Waals surface area (Å²) in [5.41, 5.74) is -0.540. The molecule has 2 aliphatic heterocycles. The van der Waals surface area contributed by atoms with E-state index in [9.17, 15) is 9.59 Å². The van der Waals surface area contributed by atoms with Crippen LogP contribution in [0.15, 0.2) is 0 Å². The van der Waals surface area contributed by atoms with E-state index in [1.54, 1.807) is 11.8 Å². The highest BCUT2D eigenvalue weighted by molar-refractivity contribution is 5.76. The number of aliphatic carboxylic acids is 1. The van der Waals surface area contributed by atoms with Crippen molar-refractivity contribution in [3.63, 3.8) is 0 Å². The Bertz CT molecular complexity index is 334. The zero-order chi connectivity index (χ0) is 13.2. The highest BCUT2D eigenvalue weighted by Crippen LogP contribution is 2.24. The first kappa shape index (κ1) is 13.1. The Morgan fingerprint density at radius 2 is 2.28 bits per heavy atom. The van der Waals surface area contributed by atoms with Gasteiger partial charge in [0.15, 0.2) is 0 Å². The van der Waals surface area contributed by atoms with Crippen molar-refractivity contribution in [2.75, 3.05) is 32.9 Å². The average Bonchev–Trinajstić information content (AvgIpc) is 2.75. The van der Waals surface area contributed by atoms with Gasteiger partial charge in [-0.3, -0.25) is 0 Å². The first-order valence-electron chi connectivity index (χ1n) is 5.97. The Kier molecular flexibility index (Phi) is 3.72. The lowest BCUT2D eigenvalue weighted by Crippen LogP contribution is -2.66. The Morgan fingerprint density at radius 1 is 1.56 bits per heavy atom. The number of ether oxygens (including phenoxy) is 2. The number of carbonyl (C=O) groups is 2. The minimum atomic E-state index is -0.998. The van der Waals surface area contributed by atoms with Gasteiger partial charge in [0.1, 0.15) is 12.2 Å². The molecule has 0 aromatic carbocycles. The van der Waals surface area contributed by atoms with Gasteiger partial charge >= 0.3 is 12.0 Å². The number of carbonyl (C=O) groups excluding carboxylic acids is 1. The van der Waals surface area contributed by atoms with E-state index in [2.05, 4.69) is 5.32 Å². The summed E-state index contributed by atoms with van der Waals surface area (Å²) in [6.45, 7) is 3.55. The van der Waals surface area contributed by atoms with Crippen LogP contribution < -0.4 is 5.32 Å². The number of amides is 2. The zero-order valence-corrected chi connectivity index (χ0v) is 10.3. The lowest BCUT2D eigenvalue weighted by Gasteiger charge is -2.47. The predicted octanol–water partition coefficient (Wildman–Crippen LogP) is -0.340. The van der Waals surface area contributed by atoms with Crippen molar-refractivity contribution in [2.45, 2.75) is 25.0 Å². The Hall–Kier alpha value is -1.34. The van der Waals surface area contributed by atoms with Crippen LogP contribution in [0.25, 0.3) is 0 Å². The highest BCUT2D eigenvalue weighted by Gasteiger charge is 2.43. The number of rotatable bonds is 4. The molecule has 2 rings (SSSR count). The van der Waals surface area contributed by atoms with Gasteiger partial charge in [-0.25, -0.2) is 9.59 Å². The van der Waals surface area contributed by atoms with Crippen LogP contribution in [0.5, 0.6) is 0 Å². The van der Waals surface area contributed by atoms with E-state index in [0.717, 1.165) is 6.42 Å². The molecule has 0 aromatic heterocycles. The summed E-state index contributed by atoms with van der Waals surface area (Å²) in [4.78, 5) is 23.8. The molecule has 2 N–H and O–H groups in total. The van der Waals surface area contributed by atoms with Crippen molar-refractivity contribution >= 4 is 12.0 Å². The number of carboxylic acids is 1. The van der Waals surface area contributed by atoms with Gasteiger partial charge in [-0.05, 0) is 13.3 Å². The second kappa shape index (κ2) is 5.11. The second-order valence-electron chi connectivity index (χ2n) is 5.00. The van der Waals surface area contributed by atoms with Crippen LogP contribution in [0, 0.1) is 0 Å². The maximum absolute atomic E-state index is 11.8. The third-order valence-corrected chi connectivity index (χ3v) is 3.14. The Balaban J connectivity index is 1.70. The van der Waals surface area contributed by atoms with Gasteiger partial charge in [-0.1, -0.05) is 0 Å². The Morgan fingerprint density at radius 3 is 2.83 bits per heavy atom. The van der Waals surface area contributed by atoms with Crippen LogP contribution in [-0.4, -0.2) is 66.6 Å². The zero-order valence-electron chi connectivity index (χ0n) is 10.3. The lowest BCUT2D eigenvalue weighted by atomic mass is 9.97. The number of carboxylic acid groups (broad SMARTS) is 1. The third-order valence-electron chi connectivity index (χ3n) is 3.14. The topological polar surface area (TPSA) is 88.1 Å². The van der Waals surface area contributed by atoms with E-state index in [4.69, 9.17) is 14.6 Å². The van der Waals surface area contributed by atoms with Crippen LogP contribution >= 0.6 is 0 Å². The molecular formula is C11H18N2O5. The smallest absolute Gasteiger partial charge is 0.329 e. The van der Waals surface area contributed by atoms with E-state index >= 15 is 0 Å². The normalized spacial score (nSPS) is 25.6. The fourth-order valence-electron chi connectivity index (χ4n) is 2.15. The monoisotopic (exact) mass is 258 g/mol. The van der Waals surface area contributed by atoms with E-state index in [0.29, 0.717) is 26.3 Å². The van der Waals surface area contributed by atoms with Gasteiger partial charge in [0.25, 0.3) is 0 Å². The third kappa shape index (κ3) is 3.11. The van der Waals surface area contributed by atoms with Gasteiger partial charge in [0, 0.05) is 6.61 Å². The quantitative estimate of drug-likeness (QED) is 0.720. The molecule has 0 saturated carbocycles. The first-order valence-corrected chi connectivity index (χ1v) is 5.97. The molecule has 2 heterocycles. The van der Waals surface area contributed by atoms with Gasteiger partial charge in [-0.2, -0.15) is 0 Å². The SMILES string of the molecule is CC1(OCC(=O)O)CN(C(=O)NC2CCOC2)C1. The first-order chi connectivity index (χ1) is 8.48. The summed E-state index contributed by atoms with van der Waals surface area (Å²) in [6, 6.07) is -0.0498. The fourth-order valence-corrected chi connectivity index (χ4v) is 2.15. The van der Waals surface area contributed by atoms with Crippen molar-refractivity contribution in [1.82, 2.24) is 10.2 Å². The molecule has 2 fully saturated rings. The average molecular weight is 258 g/mol. The molecule has 1 atom stereocenters. The van der Waals surface area contributed by atoms with Crippen molar-refractivity contribution in [1.29, 1.82) is 0 Å². The van der Waals surface area contributed by atoms with E-state index in [1.807, 2.05) is 0 Å². The summed E-state index contributed by atoms with van der Waals surface area (Å²) in [6.07, 6.45) is 0.840. The summed E-state index contributed by atoms with van der Waals surface area (Å²) in [5, 5.41) is 11.4. The molecule has 0 radical (unpaired) electrons. The maximum Gasteiger partial charge on any atom is 0.329 e. The van der Waals surface area contributed by atoms with Crippen LogP contribution in [-0.2, 0) is 14.3 Å². The molecule has 102 valence electrons. The molecule has 7 heteroatoms. The predicted molar refractivity (Wildman–Crippen MR) is 61.3 cm³/mol. The fraction of sp³-hybridized carbons (Fsp3) is 0.818. The van der Waals surface area contributed by atoms with Crippen LogP contribution in [0.4, 0.5) is 4.79 Å². The second-order valence-corrected chi connectivity index (χ2v) is 5.00. The van der Waals surface area contributed by atoms with Gasteiger partial charge in [0.2, 0.25) is 0 Å². The summed E-state index contributed by atoms with van der Waals surface area (Å²) in [7, 11) is 0. The largest absolute Gasteiger partial charge is 0.480 e. The molecule has 1 unspecified atom stereocenters. The van der Waals surface area contributed by atoms with Crippen molar-refractivity contribution in [3.05, 3.63) is 0 Å². The highest BCUT2D eigenvalue weighted by atomic mass is 16.5. The molecule has 18 heavy (non-hydrogen) atoms. The number of likely N-dealkylation sites (tertiary alicyclic amines) is 1. The summed E-state index contributed by atoms with van der Waals surface area (Å²) >= 11 is 0. The summed E-state index contributed by atoms with van der Waals surface area (Å²) in [5.74, 6) is -0.998. The van der Waals surface area contributed by atoms with E-state index in [-0.39, 0.29) is 18.7 Å². The number of nitrogens with zero attached hydrogens (tertiary/aromatic N) is 1. The minimum absolute atomic E-state index is 0.0873. The number of hydrogen-bond donors (Lipinski definition) is 2. The van der Waals surface area contributed by atoms with E-state index in [1.165, 1.54) is 0 Å². The standard InChI is InChI=1S/C11H18N2O5/c1-11(18-5-9(14)15)6-13(7-11)10(16)12-8-2-3-17-4-8/h8H,2-7H2,1H3,(H,12,16)(H,14,15). The van der Waals surface area contributed by atoms with Crippen molar-refractivity contribution < 1.29 is 24.2 Å². The lowest BCUT2D eigenvalue weighted by molar-refractivity contribution is -0.159. The molecule has 0 spiro atoms. The van der Waals surface area contributed by atoms with Crippen LogP contribution in [0.3, 0.4) is 0 Å². The molecule has 0 aliphatic carbocycles. The minimum Gasteiger partial charge on any atom is -0.480 e. The van der Waals surface area contributed by atoms with E-state index < -0.39 is 11.6 Å².